The molecule has 0 spiro atoms. The molecule has 0 saturated carbocycles. The van der Waals surface area contributed by atoms with Gasteiger partial charge in [0, 0.05) is 26.2 Å². The zero-order valence-corrected chi connectivity index (χ0v) is 20.9. The van der Waals surface area contributed by atoms with Gasteiger partial charge in [-0.25, -0.2) is 9.13 Å². The smallest absolute Gasteiger partial charge is 0.256 e. The average molecular weight is 454 g/mol. The van der Waals surface area contributed by atoms with Gasteiger partial charge in [-0.05, 0) is 51.4 Å². The first-order chi connectivity index (χ1) is 15.8. The zero-order chi connectivity index (χ0) is 23.1. The lowest BCUT2D eigenvalue weighted by molar-refractivity contribution is -0.704. The molecular formula is C27H53N2O3+. The van der Waals surface area contributed by atoms with Crippen molar-refractivity contribution in [2.75, 3.05) is 19.8 Å². The van der Waals surface area contributed by atoms with Crippen LogP contribution in [-0.2, 0) is 19.5 Å². The van der Waals surface area contributed by atoms with Gasteiger partial charge in [0.25, 0.3) is 5.82 Å². The molecule has 0 saturated heterocycles. The summed E-state index contributed by atoms with van der Waals surface area (Å²) in [5.74, 6) is 1.50. The van der Waals surface area contributed by atoms with Gasteiger partial charge in [-0.15, -0.1) is 0 Å². The Morgan fingerprint density at radius 1 is 0.531 bits per heavy atom. The fourth-order valence-corrected chi connectivity index (χ4v) is 4.50. The molecule has 5 nitrogen and oxygen atoms in total. The molecule has 32 heavy (non-hydrogen) atoms. The van der Waals surface area contributed by atoms with E-state index < -0.39 is 0 Å². The van der Waals surface area contributed by atoms with Crippen molar-refractivity contribution in [3.05, 3.63) is 18.2 Å². The predicted octanol–water partition coefficient (Wildman–Crippen LogP) is 5.32. The van der Waals surface area contributed by atoms with Crippen LogP contribution in [0.1, 0.15) is 121 Å². The second-order valence-corrected chi connectivity index (χ2v) is 9.39. The number of aliphatic hydroxyl groups is 3. The third-order valence-corrected chi connectivity index (χ3v) is 6.51. The van der Waals surface area contributed by atoms with Gasteiger partial charge in [0.05, 0.1) is 13.1 Å². The van der Waals surface area contributed by atoms with Crippen molar-refractivity contribution < 1.29 is 19.9 Å². The monoisotopic (exact) mass is 453 g/mol. The molecule has 0 fully saturated rings. The number of hydrogen-bond donors (Lipinski definition) is 3. The summed E-state index contributed by atoms with van der Waals surface area (Å²) in [6, 6.07) is 0. The van der Waals surface area contributed by atoms with Crippen molar-refractivity contribution in [1.29, 1.82) is 0 Å². The number of aromatic nitrogens is 2. The molecule has 188 valence electrons. The van der Waals surface area contributed by atoms with Gasteiger partial charge in [0.1, 0.15) is 12.4 Å². The fraction of sp³-hybridized carbons (Fsp3) is 0.889. The molecule has 0 radical (unpaired) electrons. The van der Waals surface area contributed by atoms with Crippen molar-refractivity contribution in [2.45, 2.75) is 135 Å². The van der Waals surface area contributed by atoms with Gasteiger partial charge in [-0.3, -0.25) is 0 Å². The summed E-state index contributed by atoms with van der Waals surface area (Å²) in [6.07, 6.45) is 27.2. The lowest BCUT2D eigenvalue weighted by Crippen LogP contribution is -2.37. The Bertz CT molecular complexity index is 483. The highest BCUT2D eigenvalue weighted by Crippen LogP contribution is 2.12. The van der Waals surface area contributed by atoms with Crippen LogP contribution < -0.4 is 4.57 Å². The average Bonchev–Trinajstić information content (AvgIpc) is 3.18. The highest BCUT2D eigenvalue weighted by molar-refractivity contribution is 4.84. The summed E-state index contributed by atoms with van der Waals surface area (Å²) in [7, 11) is 0. The number of unbranched alkanes of at least 4 members (excludes halogenated alkanes) is 15. The number of imidazole rings is 1. The first-order valence-corrected chi connectivity index (χ1v) is 13.7. The van der Waals surface area contributed by atoms with Crippen molar-refractivity contribution >= 4 is 0 Å². The molecule has 0 aliphatic carbocycles. The van der Waals surface area contributed by atoms with E-state index >= 15 is 0 Å². The first kappa shape index (κ1) is 29.1. The van der Waals surface area contributed by atoms with Gasteiger partial charge in [0.15, 0.2) is 0 Å². The molecule has 1 aromatic heterocycles. The van der Waals surface area contributed by atoms with Crippen molar-refractivity contribution in [3.8, 4) is 0 Å². The van der Waals surface area contributed by atoms with Crippen molar-refractivity contribution in [3.63, 3.8) is 0 Å². The largest absolute Gasteiger partial charge is 0.396 e. The maximum atomic E-state index is 8.91. The lowest BCUT2D eigenvalue weighted by Gasteiger charge is -2.07. The summed E-state index contributed by atoms with van der Waals surface area (Å²) < 4.78 is 5.00. The van der Waals surface area contributed by atoms with Crippen molar-refractivity contribution in [1.82, 2.24) is 4.57 Å². The van der Waals surface area contributed by atoms with E-state index in [0.29, 0.717) is 19.8 Å². The molecular weight excluding hydrogens is 400 g/mol. The normalized spacial score (nSPS) is 11.5. The summed E-state index contributed by atoms with van der Waals surface area (Å²) in [6.45, 7) is 3.24. The molecule has 0 aliphatic heterocycles. The maximum absolute atomic E-state index is 8.91. The molecule has 0 bridgehead atoms. The van der Waals surface area contributed by atoms with Crippen LogP contribution in [0.3, 0.4) is 0 Å². The van der Waals surface area contributed by atoms with Crippen LogP contribution in [-0.4, -0.2) is 39.7 Å². The van der Waals surface area contributed by atoms with Gasteiger partial charge >= 0.3 is 0 Å². The summed E-state index contributed by atoms with van der Waals surface area (Å²) in [4.78, 5) is 0. The van der Waals surface area contributed by atoms with E-state index in [-0.39, 0.29) is 0 Å². The fourth-order valence-electron chi connectivity index (χ4n) is 4.50. The highest BCUT2D eigenvalue weighted by Gasteiger charge is 2.16. The molecule has 0 amide bonds. The maximum Gasteiger partial charge on any atom is 0.256 e. The number of rotatable bonds is 24. The standard InChI is InChI=1S/C27H53N2O3/c30-24-16-10-4-1-7-13-19-27-28(20-14-8-2-5-11-17-25-31)22-23-29(27)21-15-9-3-6-12-18-26-32/h22-23,30-32H,1-21,24-26H2/q+1. The topological polar surface area (TPSA) is 69.5 Å². The Balaban J connectivity index is 2.40. The van der Waals surface area contributed by atoms with E-state index in [2.05, 4.69) is 21.5 Å². The number of aryl methyl sites for hydroxylation is 2. The van der Waals surface area contributed by atoms with Crippen LogP contribution >= 0.6 is 0 Å². The number of hydrogen-bond acceptors (Lipinski definition) is 3. The zero-order valence-electron chi connectivity index (χ0n) is 20.9. The Labute approximate surface area is 197 Å². The van der Waals surface area contributed by atoms with Crippen LogP contribution in [0.25, 0.3) is 0 Å². The van der Waals surface area contributed by atoms with E-state index in [0.717, 1.165) is 51.6 Å². The Hall–Kier alpha value is -0.910. The third-order valence-electron chi connectivity index (χ3n) is 6.51. The summed E-state index contributed by atoms with van der Waals surface area (Å²) in [5.41, 5.74) is 0. The van der Waals surface area contributed by atoms with Crippen LogP contribution in [0.5, 0.6) is 0 Å². The van der Waals surface area contributed by atoms with Crippen LogP contribution in [0.4, 0.5) is 0 Å². The molecule has 0 unspecified atom stereocenters. The molecule has 0 atom stereocenters. The van der Waals surface area contributed by atoms with E-state index in [1.54, 1.807) is 0 Å². The minimum Gasteiger partial charge on any atom is -0.396 e. The molecule has 1 heterocycles. The van der Waals surface area contributed by atoms with E-state index in [4.69, 9.17) is 15.3 Å². The van der Waals surface area contributed by atoms with Gasteiger partial charge < -0.3 is 15.3 Å². The first-order valence-electron chi connectivity index (χ1n) is 13.7. The summed E-state index contributed by atoms with van der Waals surface area (Å²) in [5, 5.41) is 26.7. The van der Waals surface area contributed by atoms with Gasteiger partial charge in [-0.2, -0.15) is 0 Å². The lowest BCUT2D eigenvalue weighted by atomic mass is 10.1. The molecule has 1 aromatic rings. The molecule has 3 N–H and O–H groups in total. The summed E-state index contributed by atoms with van der Waals surface area (Å²) >= 11 is 0. The van der Waals surface area contributed by atoms with Crippen LogP contribution in [0.2, 0.25) is 0 Å². The minimum absolute atomic E-state index is 0.330. The molecule has 5 heteroatoms. The third kappa shape index (κ3) is 15.0. The Morgan fingerprint density at radius 3 is 1.50 bits per heavy atom. The van der Waals surface area contributed by atoms with Crippen LogP contribution in [0, 0.1) is 0 Å². The van der Waals surface area contributed by atoms with Crippen molar-refractivity contribution in [2.24, 2.45) is 0 Å². The Kier molecular flexibility index (Phi) is 19.9. The quantitative estimate of drug-likeness (QED) is 0.147. The SMILES string of the molecule is OCCCCCCCCc1n(CCCCCCCCO)cc[n+]1CCCCCCCCO. The van der Waals surface area contributed by atoms with Gasteiger partial charge in [-0.1, -0.05) is 64.2 Å². The number of aliphatic hydroxyl groups excluding tert-OH is 3. The minimum atomic E-state index is 0.330. The van der Waals surface area contributed by atoms with Crippen LogP contribution in [0.15, 0.2) is 12.4 Å². The Morgan fingerprint density at radius 2 is 0.969 bits per heavy atom. The van der Waals surface area contributed by atoms with E-state index in [1.807, 2.05) is 0 Å². The number of nitrogens with zero attached hydrogens (tertiary/aromatic N) is 2. The second kappa shape index (κ2) is 21.9. The second-order valence-electron chi connectivity index (χ2n) is 9.39. The molecule has 1 rings (SSSR count). The molecule has 0 aliphatic rings. The van der Waals surface area contributed by atoms with E-state index in [9.17, 15) is 0 Å². The van der Waals surface area contributed by atoms with Gasteiger partial charge in [0.2, 0.25) is 0 Å². The van der Waals surface area contributed by atoms with E-state index in [1.165, 1.54) is 89.3 Å². The molecule has 0 aromatic carbocycles. The predicted molar refractivity (Wildman–Crippen MR) is 133 cm³/mol. The highest BCUT2D eigenvalue weighted by atomic mass is 16.3.